The number of para-hydroxylation sites is 2. The first-order valence-electron chi connectivity index (χ1n) is 8.65. The van der Waals surface area contributed by atoms with Crippen molar-refractivity contribution < 1.29 is 18.3 Å². The molecule has 3 rings (SSSR count). The lowest BCUT2D eigenvalue weighted by Crippen LogP contribution is -2.25. The minimum Gasteiger partial charge on any atom is -0.496 e. The largest absolute Gasteiger partial charge is 0.496 e. The molecular weight excluding hydrogens is 364 g/mol. The van der Waals surface area contributed by atoms with Crippen LogP contribution in [0.15, 0.2) is 60.8 Å². The highest BCUT2D eigenvalue weighted by molar-refractivity contribution is 5.94. The highest BCUT2D eigenvalue weighted by atomic mass is 19.1. The van der Waals surface area contributed by atoms with Gasteiger partial charge in [-0.2, -0.15) is 0 Å². The van der Waals surface area contributed by atoms with Gasteiger partial charge in [-0.15, -0.1) is 0 Å². The van der Waals surface area contributed by atoms with Crippen LogP contribution in [-0.2, 0) is 6.42 Å². The molecule has 1 aromatic heterocycles. The van der Waals surface area contributed by atoms with Crippen LogP contribution >= 0.6 is 0 Å². The van der Waals surface area contributed by atoms with E-state index in [1.807, 2.05) is 24.3 Å². The summed E-state index contributed by atoms with van der Waals surface area (Å²) >= 11 is 0. The van der Waals surface area contributed by atoms with Gasteiger partial charge in [0.05, 0.1) is 12.7 Å². The smallest absolute Gasteiger partial charge is 0.252 e. The molecule has 28 heavy (non-hydrogen) atoms. The fraction of sp³-hybridized carbons (Fsp3) is 0.143. The number of pyridine rings is 1. The van der Waals surface area contributed by atoms with E-state index in [0.29, 0.717) is 18.5 Å². The van der Waals surface area contributed by atoms with E-state index in [0.717, 1.165) is 23.4 Å². The van der Waals surface area contributed by atoms with Crippen molar-refractivity contribution in [1.29, 1.82) is 0 Å². The third-order valence-corrected chi connectivity index (χ3v) is 4.11. The van der Waals surface area contributed by atoms with Gasteiger partial charge in [0, 0.05) is 12.7 Å². The molecule has 1 amide bonds. The molecule has 0 aliphatic carbocycles. The second-order valence-corrected chi connectivity index (χ2v) is 5.97. The van der Waals surface area contributed by atoms with Crippen molar-refractivity contribution in [2.45, 2.75) is 6.42 Å². The summed E-state index contributed by atoms with van der Waals surface area (Å²) in [6.45, 7) is 0.430. The number of nitrogens with one attached hydrogen (secondary N) is 2. The summed E-state index contributed by atoms with van der Waals surface area (Å²) < 4.78 is 32.6. The molecule has 0 aliphatic heterocycles. The van der Waals surface area contributed by atoms with Gasteiger partial charge in [-0.3, -0.25) is 4.79 Å². The van der Waals surface area contributed by atoms with Crippen molar-refractivity contribution in [2.24, 2.45) is 0 Å². The maximum atomic E-state index is 13.7. The van der Waals surface area contributed by atoms with Crippen molar-refractivity contribution in [3.8, 4) is 5.75 Å². The van der Waals surface area contributed by atoms with E-state index >= 15 is 0 Å². The van der Waals surface area contributed by atoms with Crippen LogP contribution in [0.4, 0.5) is 20.3 Å². The Morgan fingerprint density at radius 3 is 2.46 bits per heavy atom. The molecule has 0 unspecified atom stereocenters. The third kappa shape index (κ3) is 4.62. The van der Waals surface area contributed by atoms with Crippen LogP contribution in [0.1, 0.15) is 15.9 Å². The molecule has 0 radical (unpaired) electrons. The summed E-state index contributed by atoms with van der Waals surface area (Å²) in [5.74, 6) is -0.727. The number of carbonyl (C=O) groups is 1. The lowest BCUT2D eigenvalue weighted by atomic mass is 10.1. The van der Waals surface area contributed by atoms with Crippen LogP contribution in [0, 0.1) is 11.6 Å². The first kappa shape index (κ1) is 19.3. The monoisotopic (exact) mass is 383 g/mol. The molecule has 2 N–H and O–H groups in total. The molecule has 0 bridgehead atoms. The van der Waals surface area contributed by atoms with Gasteiger partial charge in [0.2, 0.25) is 0 Å². The number of hydrogen-bond acceptors (Lipinski definition) is 4. The summed E-state index contributed by atoms with van der Waals surface area (Å²) in [5.41, 5.74) is 1.05. The molecule has 0 atom stereocenters. The fourth-order valence-corrected chi connectivity index (χ4v) is 2.67. The van der Waals surface area contributed by atoms with Crippen molar-refractivity contribution in [1.82, 2.24) is 10.3 Å². The van der Waals surface area contributed by atoms with Gasteiger partial charge in [-0.1, -0.05) is 24.3 Å². The normalized spacial score (nSPS) is 10.4. The fourth-order valence-electron chi connectivity index (χ4n) is 2.67. The summed E-state index contributed by atoms with van der Waals surface area (Å²) in [4.78, 5) is 16.3. The third-order valence-electron chi connectivity index (χ3n) is 4.11. The number of hydrogen-bond donors (Lipinski definition) is 2. The molecule has 144 valence electrons. The summed E-state index contributed by atoms with van der Waals surface area (Å²) in [5, 5.41) is 5.39. The standard InChI is InChI=1S/C21H19F2N3O2/c1-28-18-8-3-2-5-14(18)11-12-24-21(27)15-9-10-19(25-13-15)26-20-16(22)6-4-7-17(20)23/h2-10,13H,11-12H2,1H3,(H,24,27)(H,25,26). The molecule has 0 fully saturated rings. The van der Waals surface area contributed by atoms with Gasteiger partial charge < -0.3 is 15.4 Å². The molecule has 1 heterocycles. The summed E-state index contributed by atoms with van der Waals surface area (Å²) in [6, 6.07) is 14.2. The van der Waals surface area contributed by atoms with Crippen LogP contribution in [0.3, 0.4) is 0 Å². The number of amides is 1. The molecule has 5 nitrogen and oxygen atoms in total. The predicted octanol–water partition coefficient (Wildman–Crippen LogP) is 4.08. The zero-order chi connectivity index (χ0) is 19.9. The highest BCUT2D eigenvalue weighted by Crippen LogP contribution is 2.22. The zero-order valence-corrected chi connectivity index (χ0v) is 15.2. The first-order valence-corrected chi connectivity index (χ1v) is 8.65. The SMILES string of the molecule is COc1ccccc1CCNC(=O)c1ccc(Nc2c(F)cccc2F)nc1. The highest BCUT2D eigenvalue weighted by Gasteiger charge is 2.11. The molecule has 3 aromatic rings. The minimum atomic E-state index is -0.722. The Morgan fingerprint density at radius 1 is 1.04 bits per heavy atom. The number of halogens is 2. The summed E-state index contributed by atoms with van der Waals surface area (Å²) in [6.07, 6.45) is 1.97. The van der Waals surface area contributed by atoms with Crippen LogP contribution in [-0.4, -0.2) is 24.5 Å². The van der Waals surface area contributed by atoms with Crippen LogP contribution in [0.2, 0.25) is 0 Å². The maximum absolute atomic E-state index is 13.7. The second-order valence-electron chi connectivity index (χ2n) is 5.97. The van der Waals surface area contributed by atoms with Crippen molar-refractivity contribution in [3.63, 3.8) is 0 Å². The number of benzene rings is 2. The molecule has 0 aliphatic rings. The second kappa shape index (κ2) is 8.94. The Morgan fingerprint density at radius 2 is 1.79 bits per heavy atom. The van der Waals surface area contributed by atoms with E-state index in [9.17, 15) is 13.6 Å². The molecule has 7 heteroatoms. The molecular formula is C21H19F2N3O2. The van der Waals surface area contributed by atoms with Crippen LogP contribution < -0.4 is 15.4 Å². The van der Waals surface area contributed by atoms with E-state index in [1.165, 1.54) is 24.4 Å². The lowest BCUT2D eigenvalue weighted by molar-refractivity contribution is 0.0953. The Balaban J connectivity index is 1.58. The quantitative estimate of drug-likeness (QED) is 0.645. The number of anilines is 2. The lowest BCUT2D eigenvalue weighted by Gasteiger charge is -2.10. The first-order chi connectivity index (χ1) is 13.6. The number of ether oxygens (including phenoxy) is 1. The van der Waals surface area contributed by atoms with Gasteiger partial charge in [0.15, 0.2) is 0 Å². The average Bonchev–Trinajstić information content (AvgIpc) is 2.71. The number of carbonyl (C=O) groups excluding carboxylic acids is 1. The average molecular weight is 383 g/mol. The van der Waals surface area contributed by atoms with E-state index < -0.39 is 11.6 Å². The zero-order valence-electron chi connectivity index (χ0n) is 15.2. The van der Waals surface area contributed by atoms with E-state index in [-0.39, 0.29) is 17.4 Å². The van der Waals surface area contributed by atoms with Crippen LogP contribution in [0.5, 0.6) is 5.75 Å². The topological polar surface area (TPSA) is 63.2 Å². The van der Waals surface area contributed by atoms with E-state index in [2.05, 4.69) is 15.6 Å². The number of aromatic nitrogens is 1. The van der Waals surface area contributed by atoms with Gasteiger partial charge >= 0.3 is 0 Å². The Hall–Kier alpha value is -3.48. The number of methoxy groups -OCH3 is 1. The van der Waals surface area contributed by atoms with Gasteiger partial charge in [0.1, 0.15) is 28.9 Å². The molecule has 0 spiro atoms. The molecule has 0 saturated heterocycles. The minimum absolute atomic E-state index is 0.231. The van der Waals surface area contributed by atoms with Crippen molar-refractivity contribution >= 4 is 17.4 Å². The number of nitrogens with zero attached hydrogens (tertiary/aromatic N) is 1. The Kier molecular flexibility index (Phi) is 6.16. The van der Waals surface area contributed by atoms with E-state index in [4.69, 9.17) is 4.74 Å². The van der Waals surface area contributed by atoms with Crippen molar-refractivity contribution in [3.05, 3.63) is 83.6 Å². The molecule has 0 saturated carbocycles. The molecule has 2 aromatic carbocycles. The van der Waals surface area contributed by atoms with Gasteiger partial charge in [-0.25, -0.2) is 13.8 Å². The van der Waals surface area contributed by atoms with Gasteiger partial charge in [-0.05, 0) is 42.3 Å². The predicted molar refractivity (Wildman–Crippen MR) is 103 cm³/mol. The Labute approximate surface area is 161 Å². The van der Waals surface area contributed by atoms with Crippen LogP contribution in [0.25, 0.3) is 0 Å². The maximum Gasteiger partial charge on any atom is 0.252 e. The van der Waals surface area contributed by atoms with Crippen molar-refractivity contribution in [2.75, 3.05) is 19.0 Å². The van der Waals surface area contributed by atoms with E-state index in [1.54, 1.807) is 7.11 Å². The van der Waals surface area contributed by atoms with Gasteiger partial charge in [0.25, 0.3) is 5.91 Å². The Bertz CT molecular complexity index is 942. The summed E-state index contributed by atoms with van der Waals surface area (Å²) in [7, 11) is 1.60. The number of rotatable bonds is 7.